The Labute approximate surface area is 201 Å². The van der Waals surface area contributed by atoms with Crippen LogP contribution in [0.15, 0.2) is 66.9 Å². The second kappa shape index (κ2) is 9.89. The Balaban J connectivity index is 1.69. The number of carbonyl (C=O) groups is 1. The van der Waals surface area contributed by atoms with E-state index < -0.39 is 11.6 Å². The number of pyridine rings is 1. The van der Waals surface area contributed by atoms with E-state index in [9.17, 15) is 9.18 Å². The van der Waals surface area contributed by atoms with Crippen molar-refractivity contribution < 1.29 is 13.9 Å². The molecular weight excluding hydrogens is 457 g/mol. The summed E-state index contributed by atoms with van der Waals surface area (Å²) in [6.07, 6.45) is 1.67. The minimum absolute atomic E-state index is 0.135. The fourth-order valence-electron chi connectivity index (χ4n) is 3.45. The van der Waals surface area contributed by atoms with Gasteiger partial charge in [0.2, 0.25) is 5.91 Å². The van der Waals surface area contributed by atoms with Crippen LogP contribution < -0.4 is 11.1 Å². The van der Waals surface area contributed by atoms with Crippen LogP contribution in [0, 0.1) is 5.82 Å². The highest BCUT2D eigenvalue weighted by Gasteiger charge is 2.28. The molecule has 0 saturated heterocycles. The van der Waals surface area contributed by atoms with Crippen molar-refractivity contribution in [3.05, 3.63) is 89.1 Å². The fourth-order valence-corrected chi connectivity index (χ4v) is 3.66. The monoisotopic (exact) mass is 481 g/mol. The van der Waals surface area contributed by atoms with Crippen LogP contribution in [0.1, 0.15) is 31.3 Å². The van der Waals surface area contributed by atoms with Gasteiger partial charge >= 0.3 is 0 Å². The highest BCUT2D eigenvalue weighted by Crippen LogP contribution is 2.29. The summed E-state index contributed by atoms with van der Waals surface area (Å²) in [5.74, 6) is -0.267. The third kappa shape index (κ3) is 5.41. The maximum absolute atomic E-state index is 13.4. The molecule has 0 bridgehead atoms. The number of rotatable bonds is 8. The fraction of sp³-hybridized carbons (Fsp3) is 0.240. The number of nitrogens with zero attached hydrogens (tertiary/aromatic N) is 3. The molecule has 1 atom stereocenters. The Kier molecular flexibility index (Phi) is 6.92. The molecule has 2 aromatic carbocycles. The number of amides is 1. The predicted molar refractivity (Wildman–Crippen MR) is 129 cm³/mol. The molecule has 4 rings (SSSR count). The SMILES string of the molecule is CC(C)(N)C(=O)N[C@H](COCc1ccccc1)c1nnc2c(-c3ccc(F)cc3)cc(Cl)cn12. The van der Waals surface area contributed by atoms with Gasteiger partial charge in [0, 0.05) is 11.8 Å². The Bertz CT molecular complexity index is 1290. The van der Waals surface area contributed by atoms with Crippen LogP contribution in [0.2, 0.25) is 5.02 Å². The van der Waals surface area contributed by atoms with E-state index in [-0.39, 0.29) is 18.3 Å². The Morgan fingerprint density at radius 2 is 1.88 bits per heavy atom. The Morgan fingerprint density at radius 3 is 2.56 bits per heavy atom. The molecule has 0 radical (unpaired) electrons. The van der Waals surface area contributed by atoms with Gasteiger partial charge in [0.1, 0.15) is 11.9 Å². The minimum Gasteiger partial charge on any atom is -0.374 e. The molecule has 0 fully saturated rings. The van der Waals surface area contributed by atoms with Crippen LogP contribution in [-0.2, 0) is 16.1 Å². The van der Waals surface area contributed by atoms with Crippen LogP contribution in [0.25, 0.3) is 16.8 Å². The van der Waals surface area contributed by atoms with Gasteiger partial charge in [0.25, 0.3) is 0 Å². The second-order valence-corrected chi connectivity index (χ2v) is 9.02. The molecule has 0 unspecified atom stereocenters. The number of carbonyl (C=O) groups excluding carboxylic acids is 1. The van der Waals surface area contributed by atoms with Crippen LogP contribution in [0.4, 0.5) is 4.39 Å². The van der Waals surface area contributed by atoms with Gasteiger partial charge in [-0.1, -0.05) is 54.1 Å². The summed E-state index contributed by atoms with van der Waals surface area (Å²) in [4.78, 5) is 12.7. The second-order valence-electron chi connectivity index (χ2n) is 8.58. The number of fused-ring (bicyclic) bond motifs is 1. The number of aromatic nitrogens is 3. The summed E-state index contributed by atoms with van der Waals surface area (Å²) < 4.78 is 21.1. The van der Waals surface area contributed by atoms with Crippen LogP contribution >= 0.6 is 11.6 Å². The van der Waals surface area contributed by atoms with Gasteiger partial charge in [-0.25, -0.2) is 4.39 Å². The summed E-state index contributed by atoms with van der Waals surface area (Å²) in [7, 11) is 0. The smallest absolute Gasteiger partial charge is 0.240 e. The summed E-state index contributed by atoms with van der Waals surface area (Å²) in [6.45, 7) is 3.73. The van der Waals surface area contributed by atoms with Gasteiger partial charge in [-0.3, -0.25) is 9.20 Å². The van der Waals surface area contributed by atoms with E-state index in [0.29, 0.717) is 28.7 Å². The van der Waals surface area contributed by atoms with Crippen molar-refractivity contribution in [2.24, 2.45) is 5.73 Å². The maximum atomic E-state index is 13.4. The number of ether oxygens (including phenoxy) is 1. The number of hydrogen-bond acceptors (Lipinski definition) is 5. The number of nitrogens with two attached hydrogens (primary N) is 1. The first-order chi connectivity index (χ1) is 16.2. The van der Waals surface area contributed by atoms with Crippen molar-refractivity contribution in [1.29, 1.82) is 0 Å². The molecule has 2 aromatic heterocycles. The zero-order chi connectivity index (χ0) is 24.3. The Morgan fingerprint density at radius 1 is 1.18 bits per heavy atom. The molecule has 34 heavy (non-hydrogen) atoms. The zero-order valence-corrected chi connectivity index (χ0v) is 19.6. The number of nitrogens with one attached hydrogen (secondary N) is 1. The van der Waals surface area contributed by atoms with E-state index in [2.05, 4.69) is 15.5 Å². The predicted octanol–water partition coefficient (Wildman–Crippen LogP) is 4.30. The van der Waals surface area contributed by atoms with E-state index >= 15 is 0 Å². The highest BCUT2D eigenvalue weighted by molar-refractivity contribution is 6.30. The molecule has 0 aliphatic heterocycles. The van der Waals surface area contributed by atoms with E-state index in [1.165, 1.54) is 12.1 Å². The molecule has 9 heteroatoms. The van der Waals surface area contributed by atoms with E-state index in [1.807, 2.05) is 30.3 Å². The molecule has 7 nitrogen and oxygen atoms in total. The molecule has 0 saturated carbocycles. The van der Waals surface area contributed by atoms with Gasteiger partial charge in [-0.15, -0.1) is 10.2 Å². The third-order valence-corrected chi connectivity index (χ3v) is 5.46. The lowest BCUT2D eigenvalue weighted by molar-refractivity contribution is -0.126. The molecule has 4 aromatic rings. The standard InChI is InChI=1S/C25H25ClFN5O2/c1-25(2,28)24(33)29-21(15-34-14-16-6-4-3-5-7-16)23-31-30-22-20(12-18(26)13-32(22)23)17-8-10-19(27)11-9-17/h3-13,21H,14-15,28H2,1-2H3,(H,29,33)/t21-/m1/s1. The first-order valence-corrected chi connectivity index (χ1v) is 11.1. The average Bonchev–Trinajstić information content (AvgIpc) is 3.22. The average molecular weight is 482 g/mol. The lowest BCUT2D eigenvalue weighted by atomic mass is 10.1. The maximum Gasteiger partial charge on any atom is 0.240 e. The van der Waals surface area contributed by atoms with Gasteiger partial charge in [-0.05, 0) is 43.2 Å². The summed E-state index contributed by atoms with van der Waals surface area (Å²) in [6, 6.07) is 16.8. The van der Waals surface area contributed by atoms with Crippen molar-refractivity contribution in [2.45, 2.75) is 32.0 Å². The lowest BCUT2D eigenvalue weighted by Gasteiger charge is -2.23. The molecule has 0 spiro atoms. The Hall–Kier alpha value is -3.33. The van der Waals surface area contributed by atoms with Gasteiger partial charge in [0.15, 0.2) is 11.5 Å². The van der Waals surface area contributed by atoms with E-state index in [0.717, 1.165) is 11.1 Å². The van der Waals surface area contributed by atoms with Gasteiger partial charge < -0.3 is 15.8 Å². The van der Waals surface area contributed by atoms with E-state index in [1.54, 1.807) is 42.6 Å². The molecule has 0 aliphatic rings. The molecule has 0 aliphatic carbocycles. The van der Waals surface area contributed by atoms with Crippen molar-refractivity contribution in [3.63, 3.8) is 0 Å². The first-order valence-electron chi connectivity index (χ1n) is 10.7. The first kappa shape index (κ1) is 23.8. The lowest BCUT2D eigenvalue weighted by Crippen LogP contribution is -2.50. The topological polar surface area (TPSA) is 94.5 Å². The van der Waals surface area contributed by atoms with Crippen molar-refractivity contribution in [3.8, 4) is 11.1 Å². The van der Waals surface area contributed by atoms with Crippen LogP contribution in [0.3, 0.4) is 0 Å². The quantitative estimate of drug-likeness (QED) is 0.391. The molecule has 1 amide bonds. The summed E-state index contributed by atoms with van der Waals surface area (Å²) in [5.41, 5.74) is 7.83. The van der Waals surface area contributed by atoms with Gasteiger partial charge in [-0.2, -0.15) is 0 Å². The minimum atomic E-state index is -1.10. The zero-order valence-electron chi connectivity index (χ0n) is 18.8. The number of benzene rings is 2. The largest absolute Gasteiger partial charge is 0.374 e. The van der Waals surface area contributed by atoms with Crippen LogP contribution in [0.5, 0.6) is 0 Å². The molecule has 176 valence electrons. The molecule has 3 N–H and O–H groups in total. The normalized spacial score (nSPS) is 12.6. The summed E-state index contributed by atoms with van der Waals surface area (Å²) >= 11 is 6.41. The number of halogens is 2. The third-order valence-electron chi connectivity index (χ3n) is 5.25. The van der Waals surface area contributed by atoms with Crippen molar-refractivity contribution in [1.82, 2.24) is 19.9 Å². The van der Waals surface area contributed by atoms with E-state index in [4.69, 9.17) is 22.1 Å². The summed E-state index contributed by atoms with van der Waals surface area (Å²) in [5, 5.41) is 12.0. The van der Waals surface area contributed by atoms with Gasteiger partial charge in [0.05, 0.1) is 23.8 Å². The molecule has 2 heterocycles. The van der Waals surface area contributed by atoms with Crippen molar-refractivity contribution in [2.75, 3.05) is 6.61 Å². The van der Waals surface area contributed by atoms with Crippen molar-refractivity contribution >= 4 is 23.2 Å². The highest BCUT2D eigenvalue weighted by atomic mass is 35.5. The number of hydrogen-bond donors (Lipinski definition) is 2. The molecular formula is C25H25ClFN5O2. The van der Waals surface area contributed by atoms with Crippen LogP contribution in [-0.4, -0.2) is 32.7 Å².